The second-order valence-electron chi connectivity index (χ2n) is 5.67. The molecule has 0 amide bonds. The highest BCUT2D eigenvalue weighted by atomic mass is 16.5. The lowest BCUT2D eigenvalue weighted by atomic mass is 9.95. The molecule has 4 nitrogen and oxygen atoms in total. The number of hydrogen-bond acceptors (Lipinski definition) is 3. The maximum atomic E-state index is 11.3. The van der Waals surface area contributed by atoms with Crippen LogP contribution in [0.15, 0.2) is 6.07 Å². The van der Waals surface area contributed by atoms with Gasteiger partial charge in [0, 0.05) is 5.69 Å². The Balaban J connectivity index is 2.45. The maximum absolute atomic E-state index is 11.3. The zero-order valence-corrected chi connectivity index (χ0v) is 11.1. The number of aromatic carboxylic acids is 1. The molecule has 1 heterocycles. The first-order valence-electron chi connectivity index (χ1n) is 6.32. The van der Waals surface area contributed by atoms with E-state index < -0.39 is 11.6 Å². The summed E-state index contributed by atoms with van der Waals surface area (Å²) in [4.78, 5) is 15.7. The number of hydrogen-bond donors (Lipinski definition) is 1. The first-order chi connectivity index (χ1) is 8.37. The number of nitrogens with zero attached hydrogens (tertiary/aromatic N) is 1. The highest BCUT2D eigenvalue weighted by molar-refractivity contribution is 5.90. The van der Waals surface area contributed by atoms with Crippen molar-refractivity contribution in [3.8, 4) is 5.88 Å². The Morgan fingerprint density at radius 3 is 2.61 bits per heavy atom. The SMILES string of the molecule is CC(C)(C)Oc1nc2c(cc1C(=O)O)CCCC2. The number of carboxylic acid groups (broad SMARTS) is 1. The van der Waals surface area contributed by atoms with Crippen molar-refractivity contribution in [3.63, 3.8) is 0 Å². The van der Waals surface area contributed by atoms with E-state index in [9.17, 15) is 9.90 Å². The van der Waals surface area contributed by atoms with Crippen LogP contribution in [0.25, 0.3) is 0 Å². The van der Waals surface area contributed by atoms with Crippen LogP contribution in [0.2, 0.25) is 0 Å². The Hall–Kier alpha value is -1.58. The number of pyridine rings is 1. The third-order valence-corrected chi connectivity index (χ3v) is 2.90. The molecule has 1 aliphatic rings. The quantitative estimate of drug-likeness (QED) is 0.875. The summed E-state index contributed by atoms with van der Waals surface area (Å²) in [5.74, 6) is -0.731. The molecule has 0 fully saturated rings. The summed E-state index contributed by atoms with van der Waals surface area (Å²) in [7, 11) is 0. The molecule has 0 atom stereocenters. The van der Waals surface area contributed by atoms with E-state index in [-0.39, 0.29) is 11.4 Å². The molecule has 0 unspecified atom stereocenters. The molecule has 0 saturated heterocycles. The zero-order chi connectivity index (χ0) is 13.3. The second kappa shape index (κ2) is 4.59. The Kier molecular flexibility index (Phi) is 3.28. The molecule has 4 heteroatoms. The van der Waals surface area contributed by atoms with E-state index in [4.69, 9.17) is 4.74 Å². The van der Waals surface area contributed by atoms with Crippen molar-refractivity contribution in [1.29, 1.82) is 0 Å². The van der Waals surface area contributed by atoms with Crippen molar-refractivity contribution in [1.82, 2.24) is 4.98 Å². The van der Waals surface area contributed by atoms with Gasteiger partial charge in [-0.1, -0.05) is 0 Å². The smallest absolute Gasteiger partial charge is 0.341 e. The third kappa shape index (κ3) is 2.81. The van der Waals surface area contributed by atoms with Crippen molar-refractivity contribution in [2.45, 2.75) is 52.1 Å². The molecule has 2 rings (SSSR count). The van der Waals surface area contributed by atoms with Crippen LogP contribution >= 0.6 is 0 Å². The van der Waals surface area contributed by atoms with Crippen LogP contribution in [0.3, 0.4) is 0 Å². The summed E-state index contributed by atoms with van der Waals surface area (Å²) in [5, 5.41) is 9.24. The lowest BCUT2D eigenvalue weighted by molar-refractivity contribution is 0.0676. The van der Waals surface area contributed by atoms with E-state index in [1.165, 1.54) is 0 Å². The van der Waals surface area contributed by atoms with E-state index in [1.807, 2.05) is 20.8 Å². The van der Waals surface area contributed by atoms with Crippen molar-refractivity contribution in [2.75, 3.05) is 0 Å². The van der Waals surface area contributed by atoms with Crippen LogP contribution < -0.4 is 4.74 Å². The van der Waals surface area contributed by atoms with E-state index in [0.717, 1.165) is 36.9 Å². The average Bonchev–Trinajstić information content (AvgIpc) is 2.25. The predicted octanol–water partition coefficient (Wildman–Crippen LogP) is 2.84. The normalized spacial score (nSPS) is 15.1. The average molecular weight is 249 g/mol. The summed E-state index contributed by atoms with van der Waals surface area (Å²) in [6.45, 7) is 5.67. The first kappa shape index (κ1) is 12.9. The fourth-order valence-electron chi connectivity index (χ4n) is 2.14. The number of carboxylic acids is 1. The summed E-state index contributed by atoms with van der Waals surface area (Å²) >= 11 is 0. The number of rotatable bonds is 2. The molecule has 0 aliphatic heterocycles. The van der Waals surface area contributed by atoms with Gasteiger partial charge in [0.15, 0.2) is 0 Å². The fourth-order valence-corrected chi connectivity index (χ4v) is 2.14. The van der Waals surface area contributed by atoms with Crippen molar-refractivity contribution in [3.05, 3.63) is 22.9 Å². The highest BCUT2D eigenvalue weighted by Gasteiger charge is 2.23. The van der Waals surface area contributed by atoms with Crippen LogP contribution in [-0.4, -0.2) is 21.7 Å². The second-order valence-corrected chi connectivity index (χ2v) is 5.67. The topological polar surface area (TPSA) is 59.4 Å². The largest absolute Gasteiger partial charge is 0.477 e. The standard InChI is InChI=1S/C14H19NO3/c1-14(2,3)18-12-10(13(16)17)8-9-6-4-5-7-11(9)15-12/h8H,4-7H2,1-3H3,(H,16,17). The monoisotopic (exact) mass is 249 g/mol. The van der Waals surface area contributed by atoms with Crippen LogP contribution in [0, 0.1) is 0 Å². The zero-order valence-electron chi connectivity index (χ0n) is 11.1. The Morgan fingerprint density at radius 1 is 1.33 bits per heavy atom. The number of carbonyl (C=O) groups is 1. The number of fused-ring (bicyclic) bond motifs is 1. The van der Waals surface area contributed by atoms with Crippen molar-refractivity contribution < 1.29 is 14.6 Å². The van der Waals surface area contributed by atoms with Gasteiger partial charge in [0.05, 0.1) is 0 Å². The van der Waals surface area contributed by atoms with Gasteiger partial charge in [0.25, 0.3) is 0 Å². The molecule has 1 aromatic rings. The van der Waals surface area contributed by atoms with Gasteiger partial charge in [-0.15, -0.1) is 0 Å². The van der Waals surface area contributed by atoms with Crippen LogP contribution in [-0.2, 0) is 12.8 Å². The van der Waals surface area contributed by atoms with Gasteiger partial charge in [-0.05, 0) is 58.1 Å². The molecule has 0 aromatic carbocycles. The van der Waals surface area contributed by atoms with Gasteiger partial charge in [0.2, 0.25) is 5.88 Å². The first-order valence-corrected chi connectivity index (χ1v) is 6.32. The lowest BCUT2D eigenvalue weighted by Crippen LogP contribution is -2.25. The molecule has 0 radical (unpaired) electrons. The molecular formula is C14H19NO3. The van der Waals surface area contributed by atoms with Gasteiger partial charge in [-0.3, -0.25) is 0 Å². The van der Waals surface area contributed by atoms with E-state index >= 15 is 0 Å². The van der Waals surface area contributed by atoms with E-state index in [2.05, 4.69) is 4.98 Å². The minimum Gasteiger partial charge on any atom is -0.477 e. The molecule has 1 aliphatic carbocycles. The van der Waals surface area contributed by atoms with Gasteiger partial charge in [-0.2, -0.15) is 0 Å². The fraction of sp³-hybridized carbons (Fsp3) is 0.571. The summed E-state index contributed by atoms with van der Waals surface area (Å²) in [6.07, 6.45) is 4.04. The molecule has 0 saturated carbocycles. The molecule has 0 bridgehead atoms. The third-order valence-electron chi connectivity index (χ3n) is 2.90. The van der Waals surface area contributed by atoms with Gasteiger partial charge >= 0.3 is 5.97 Å². The molecule has 1 N–H and O–H groups in total. The van der Waals surface area contributed by atoms with Crippen LogP contribution in [0.1, 0.15) is 55.2 Å². The minimum atomic E-state index is -0.977. The van der Waals surface area contributed by atoms with E-state index in [0.29, 0.717) is 0 Å². The predicted molar refractivity (Wildman–Crippen MR) is 68.2 cm³/mol. The summed E-state index contributed by atoms with van der Waals surface area (Å²) < 4.78 is 5.67. The Bertz CT molecular complexity index is 475. The van der Waals surface area contributed by atoms with E-state index in [1.54, 1.807) is 6.07 Å². The Labute approximate surface area is 107 Å². The highest BCUT2D eigenvalue weighted by Crippen LogP contribution is 2.28. The maximum Gasteiger partial charge on any atom is 0.341 e. The molecule has 0 spiro atoms. The summed E-state index contributed by atoms with van der Waals surface area (Å²) in [6, 6.07) is 1.73. The van der Waals surface area contributed by atoms with Crippen molar-refractivity contribution in [2.24, 2.45) is 0 Å². The van der Waals surface area contributed by atoms with Gasteiger partial charge in [-0.25, -0.2) is 9.78 Å². The number of aryl methyl sites for hydroxylation is 2. The molecule has 18 heavy (non-hydrogen) atoms. The number of ether oxygens (including phenoxy) is 1. The molecular weight excluding hydrogens is 230 g/mol. The van der Waals surface area contributed by atoms with Gasteiger partial charge < -0.3 is 9.84 Å². The van der Waals surface area contributed by atoms with Gasteiger partial charge in [0.1, 0.15) is 11.2 Å². The number of aromatic nitrogens is 1. The van der Waals surface area contributed by atoms with Crippen molar-refractivity contribution >= 4 is 5.97 Å². The Morgan fingerprint density at radius 2 is 2.00 bits per heavy atom. The lowest BCUT2D eigenvalue weighted by Gasteiger charge is -2.23. The summed E-state index contributed by atoms with van der Waals surface area (Å²) in [5.41, 5.74) is 1.77. The van der Waals surface area contributed by atoms with Crippen LogP contribution in [0.5, 0.6) is 5.88 Å². The minimum absolute atomic E-state index is 0.172. The molecule has 1 aromatic heterocycles. The molecule has 98 valence electrons. The van der Waals surface area contributed by atoms with Crippen LogP contribution in [0.4, 0.5) is 0 Å².